The number of carbonyl (C=O) groups excluding carboxylic acids is 1. The molecule has 0 bridgehead atoms. The second-order valence-corrected chi connectivity index (χ2v) is 10.1. The molecule has 0 aliphatic carbocycles. The highest BCUT2D eigenvalue weighted by Crippen LogP contribution is 2.27. The third kappa shape index (κ3) is 5.40. The summed E-state index contributed by atoms with van der Waals surface area (Å²) < 4.78 is 45.6. The molecule has 4 rings (SSSR count). The van der Waals surface area contributed by atoms with Gasteiger partial charge in [0, 0.05) is 18.3 Å². The van der Waals surface area contributed by atoms with Crippen molar-refractivity contribution in [2.45, 2.75) is 32.5 Å². The third-order valence-corrected chi connectivity index (χ3v) is 7.48. The predicted octanol–water partition coefficient (Wildman–Crippen LogP) is 4.12. The third-order valence-electron chi connectivity index (χ3n) is 5.65. The standard InChI is InChI=1S/C25H25FN2O4S/c1-2-33(30,31)28-16-20-7-4-3-6-19(20)14-24(28)25(29)27-22-8-5-9-23(15-22)32-17-18-10-12-21(26)13-11-18/h3-13,15,24H,2,14,16-17H2,1H3,(H,27,29). The molecule has 33 heavy (non-hydrogen) atoms. The summed E-state index contributed by atoms with van der Waals surface area (Å²) in [5.74, 6) is -0.250. The lowest BCUT2D eigenvalue weighted by molar-refractivity contribution is -0.120. The second-order valence-electron chi connectivity index (χ2n) is 7.87. The molecular formula is C25H25FN2O4S. The molecule has 0 aromatic heterocycles. The van der Waals surface area contributed by atoms with Crippen molar-refractivity contribution >= 4 is 21.6 Å². The van der Waals surface area contributed by atoms with Gasteiger partial charge in [-0.3, -0.25) is 4.79 Å². The van der Waals surface area contributed by atoms with Gasteiger partial charge in [-0.15, -0.1) is 0 Å². The van der Waals surface area contributed by atoms with Gasteiger partial charge >= 0.3 is 0 Å². The van der Waals surface area contributed by atoms with Gasteiger partial charge in [-0.2, -0.15) is 4.31 Å². The number of sulfonamides is 1. The first-order valence-corrected chi connectivity index (χ1v) is 12.3. The van der Waals surface area contributed by atoms with E-state index in [4.69, 9.17) is 4.74 Å². The minimum Gasteiger partial charge on any atom is -0.489 e. The van der Waals surface area contributed by atoms with Crippen LogP contribution in [0.4, 0.5) is 10.1 Å². The summed E-state index contributed by atoms with van der Waals surface area (Å²) in [5.41, 5.74) is 3.20. The number of ether oxygens (including phenoxy) is 1. The Morgan fingerprint density at radius 1 is 1.06 bits per heavy atom. The summed E-state index contributed by atoms with van der Waals surface area (Å²) in [5, 5.41) is 2.84. The first-order chi connectivity index (χ1) is 15.9. The maximum atomic E-state index is 13.2. The number of benzene rings is 3. The van der Waals surface area contributed by atoms with E-state index in [9.17, 15) is 17.6 Å². The predicted molar refractivity (Wildman–Crippen MR) is 125 cm³/mol. The monoisotopic (exact) mass is 468 g/mol. The zero-order valence-electron chi connectivity index (χ0n) is 18.2. The van der Waals surface area contributed by atoms with Crippen LogP contribution >= 0.6 is 0 Å². The second kappa shape index (κ2) is 9.72. The van der Waals surface area contributed by atoms with Gasteiger partial charge in [-0.1, -0.05) is 42.5 Å². The molecule has 0 fully saturated rings. The quantitative estimate of drug-likeness (QED) is 0.566. The van der Waals surface area contributed by atoms with E-state index in [-0.39, 0.29) is 24.7 Å². The molecule has 1 atom stereocenters. The van der Waals surface area contributed by atoms with Crippen molar-refractivity contribution in [1.82, 2.24) is 4.31 Å². The molecule has 0 spiro atoms. The number of amides is 1. The SMILES string of the molecule is CCS(=O)(=O)N1Cc2ccccc2CC1C(=O)Nc1cccc(OCc2ccc(F)cc2)c1. The topological polar surface area (TPSA) is 75.7 Å². The fourth-order valence-corrected chi connectivity index (χ4v) is 5.04. The first kappa shape index (κ1) is 22.9. The summed E-state index contributed by atoms with van der Waals surface area (Å²) >= 11 is 0. The van der Waals surface area contributed by atoms with Crippen molar-refractivity contribution in [3.63, 3.8) is 0 Å². The smallest absolute Gasteiger partial charge is 0.243 e. The Hall–Kier alpha value is -3.23. The molecule has 3 aromatic carbocycles. The van der Waals surface area contributed by atoms with Crippen LogP contribution < -0.4 is 10.1 Å². The highest BCUT2D eigenvalue weighted by atomic mass is 32.2. The fraction of sp³-hybridized carbons (Fsp3) is 0.240. The highest BCUT2D eigenvalue weighted by Gasteiger charge is 2.37. The van der Waals surface area contributed by atoms with E-state index in [1.54, 1.807) is 43.3 Å². The van der Waals surface area contributed by atoms with Gasteiger partial charge in [0.05, 0.1) is 5.75 Å². The van der Waals surface area contributed by atoms with Gasteiger partial charge in [0.15, 0.2) is 0 Å². The lowest BCUT2D eigenvalue weighted by Gasteiger charge is -2.34. The fourth-order valence-electron chi connectivity index (χ4n) is 3.82. The van der Waals surface area contributed by atoms with E-state index >= 15 is 0 Å². The molecule has 1 amide bonds. The van der Waals surface area contributed by atoms with Crippen LogP contribution in [0.25, 0.3) is 0 Å². The summed E-state index contributed by atoms with van der Waals surface area (Å²) in [6.45, 7) is 2.00. The molecular weight excluding hydrogens is 443 g/mol. The number of halogens is 1. The minimum atomic E-state index is -3.58. The average Bonchev–Trinajstić information content (AvgIpc) is 2.83. The summed E-state index contributed by atoms with van der Waals surface area (Å²) in [4.78, 5) is 13.2. The lowest BCUT2D eigenvalue weighted by Crippen LogP contribution is -2.51. The zero-order valence-corrected chi connectivity index (χ0v) is 19.0. The molecule has 3 aromatic rings. The Labute approximate surface area is 193 Å². The van der Waals surface area contributed by atoms with E-state index in [2.05, 4.69) is 5.32 Å². The molecule has 0 radical (unpaired) electrons. The van der Waals surface area contributed by atoms with Crippen LogP contribution in [0.3, 0.4) is 0 Å². The Kier molecular flexibility index (Phi) is 6.76. The first-order valence-electron chi connectivity index (χ1n) is 10.7. The average molecular weight is 469 g/mol. The van der Waals surface area contributed by atoms with Crippen molar-refractivity contribution in [1.29, 1.82) is 0 Å². The van der Waals surface area contributed by atoms with Crippen LogP contribution in [0.2, 0.25) is 0 Å². The van der Waals surface area contributed by atoms with Crippen molar-refractivity contribution in [3.8, 4) is 5.75 Å². The number of hydrogen-bond acceptors (Lipinski definition) is 4. The van der Waals surface area contributed by atoms with Crippen molar-refractivity contribution < 1.29 is 22.3 Å². The molecule has 1 N–H and O–H groups in total. The maximum absolute atomic E-state index is 13.2. The van der Waals surface area contributed by atoms with Crippen LogP contribution in [0.5, 0.6) is 5.75 Å². The van der Waals surface area contributed by atoms with Crippen molar-refractivity contribution in [2.75, 3.05) is 11.1 Å². The summed E-state index contributed by atoms with van der Waals surface area (Å²) in [7, 11) is -3.58. The number of rotatable bonds is 7. The minimum absolute atomic E-state index is 0.0777. The van der Waals surface area contributed by atoms with E-state index in [0.717, 1.165) is 16.7 Å². The Bertz CT molecular complexity index is 1250. The highest BCUT2D eigenvalue weighted by molar-refractivity contribution is 7.89. The number of nitrogens with zero attached hydrogens (tertiary/aromatic N) is 1. The molecule has 1 unspecified atom stereocenters. The van der Waals surface area contributed by atoms with Gasteiger partial charge in [0.2, 0.25) is 15.9 Å². The number of nitrogens with one attached hydrogen (secondary N) is 1. The molecule has 0 saturated heterocycles. The van der Waals surface area contributed by atoms with Crippen molar-refractivity contribution in [3.05, 3.63) is 95.3 Å². The molecule has 0 saturated carbocycles. The van der Waals surface area contributed by atoms with E-state index in [1.165, 1.54) is 16.4 Å². The van der Waals surface area contributed by atoms with Gasteiger partial charge in [0.1, 0.15) is 24.2 Å². The molecule has 8 heteroatoms. The zero-order chi connectivity index (χ0) is 23.4. The maximum Gasteiger partial charge on any atom is 0.243 e. The van der Waals surface area contributed by atoms with Crippen LogP contribution in [-0.2, 0) is 34.4 Å². The lowest BCUT2D eigenvalue weighted by atomic mass is 9.95. The van der Waals surface area contributed by atoms with Gasteiger partial charge in [-0.05, 0) is 54.3 Å². The van der Waals surface area contributed by atoms with Crippen molar-refractivity contribution in [2.24, 2.45) is 0 Å². The van der Waals surface area contributed by atoms with Crippen LogP contribution in [0.1, 0.15) is 23.6 Å². The summed E-state index contributed by atoms with van der Waals surface area (Å²) in [6.07, 6.45) is 0.308. The number of anilines is 1. The van der Waals surface area contributed by atoms with Crippen LogP contribution in [-0.4, -0.2) is 30.4 Å². The molecule has 1 heterocycles. The summed E-state index contributed by atoms with van der Waals surface area (Å²) in [6, 6.07) is 19.7. The normalized spacial score (nSPS) is 16.1. The molecule has 6 nitrogen and oxygen atoms in total. The Morgan fingerprint density at radius 3 is 2.52 bits per heavy atom. The van der Waals surface area contributed by atoms with E-state index in [1.807, 2.05) is 24.3 Å². The number of carbonyl (C=O) groups is 1. The largest absolute Gasteiger partial charge is 0.489 e. The molecule has 1 aliphatic heterocycles. The van der Waals surface area contributed by atoms with Gasteiger partial charge in [0.25, 0.3) is 0 Å². The Morgan fingerprint density at radius 2 is 1.79 bits per heavy atom. The molecule has 1 aliphatic rings. The van der Waals surface area contributed by atoms with Gasteiger partial charge in [-0.25, -0.2) is 12.8 Å². The Balaban J connectivity index is 1.49. The van der Waals surface area contributed by atoms with E-state index in [0.29, 0.717) is 17.9 Å². The molecule has 172 valence electrons. The number of hydrogen-bond donors (Lipinski definition) is 1. The van der Waals surface area contributed by atoms with Crippen LogP contribution in [0, 0.1) is 5.82 Å². The van der Waals surface area contributed by atoms with Crippen LogP contribution in [0.15, 0.2) is 72.8 Å². The van der Waals surface area contributed by atoms with E-state index < -0.39 is 22.0 Å². The number of fused-ring (bicyclic) bond motifs is 1. The van der Waals surface area contributed by atoms with Gasteiger partial charge < -0.3 is 10.1 Å².